The van der Waals surface area contributed by atoms with E-state index in [2.05, 4.69) is 10.1 Å². The van der Waals surface area contributed by atoms with Crippen LogP contribution in [0.5, 0.6) is 0 Å². The van der Waals surface area contributed by atoms with Crippen LogP contribution in [0.2, 0.25) is 0 Å². The van der Waals surface area contributed by atoms with Gasteiger partial charge in [-0.3, -0.25) is 9.48 Å². The van der Waals surface area contributed by atoms with E-state index in [1.807, 2.05) is 68.2 Å². The smallest absolute Gasteiger partial charge is 0.257 e. The fourth-order valence-corrected chi connectivity index (χ4v) is 3.73. The van der Waals surface area contributed by atoms with Gasteiger partial charge >= 0.3 is 0 Å². The summed E-state index contributed by atoms with van der Waals surface area (Å²) in [5.41, 5.74) is 4.39. The quantitative estimate of drug-likeness (QED) is 0.698. The molecule has 25 heavy (non-hydrogen) atoms. The topological polar surface area (TPSA) is 51.0 Å². The third-order valence-electron chi connectivity index (χ3n) is 4.21. The molecule has 0 aliphatic carbocycles. The van der Waals surface area contributed by atoms with E-state index in [9.17, 15) is 4.79 Å². The third kappa shape index (κ3) is 3.49. The molecule has 3 rings (SSSR count). The fourth-order valence-electron chi connectivity index (χ4n) is 2.91. The number of carbonyl (C=O) groups is 1. The van der Waals surface area contributed by atoms with Crippen molar-refractivity contribution in [2.75, 3.05) is 7.05 Å². The zero-order valence-corrected chi connectivity index (χ0v) is 15.8. The number of rotatable bonds is 5. The van der Waals surface area contributed by atoms with Crippen LogP contribution in [0.4, 0.5) is 0 Å². The first-order valence-corrected chi connectivity index (χ1v) is 9.18. The average molecular weight is 354 g/mol. The second-order valence-electron chi connectivity index (χ2n) is 6.03. The molecule has 6 heteroatoms. The van der Waals surface area contributed by atoms with E-state index in [1.165, 1.54) is 0 Å². The van der Waals surface area contributed by atoms with Crippen LogP contribution in [-0.2, 0) is 13.1 Å². The Morgan fingerprint density at radius 1 is 1.24 bits per heavy atom. The van der Waals surface area contributed by atoms with Gasteiger partial charge in [-0.2, -0.15) is 5.10 Å². The molecule has 0 saturated heterocycles. The maximum atomic E-state index is 12.8. The van der Waals surface area contributed by atoms with Crippen molar-refractivity contribution >= 4 is 17.2 Å². The molecule has 0 bridgehead atoms. The van der Waals surface area contributed by atoms with Crippen LogP contribution < -0.4 is 0 Å². The van der Waals surface area contributed by atoms with Crippen LogP contribution in [0.25, 0.3) is 10.6 Å². The second-order valence-corrected chi connectivity index (χ2v) is 6.89. The number of aromatic nitrogens is 3. The van der Waals surface area contributed by atoms with Crippen LogP contribution in [0.1, 0.15) is 34.4 Å². The third-order valence-corrected chi connectivity index (χ3v) is 5.15. The van der Waals surface area contributed by atoms with E-state index in [1.54, 1.807) is 16.2 Å². The Hall–Kier alpha value is -2.47. The molecule has 0 N–H and O–H groups in total. The Morgan fingerprint density at radius 2 is 1.96 bits per heavy atom. The molecule has 0 radical (unpaired) electrons. The zero-order chi connectivity index (χ0) is 18.0. The summed E-state index contributed by atoms with van der Waals surface area (Å²) in [6, 6.07) is 10.1. The molecule has 0 spiro atoms. The van der Waals surface area contributed by atoms with Gasteiger partial charge in [-0.15, -0.1) is 11.3 Å². The predicted octanol–water partition coefficient (Wildman–Crippen LogP) is 3.92. The minimum absolute atomic E-state index is 0.0102. The van der Waals surface area contributed by atoms with Crippen molar-refractivity contribution in [3.63, 3.8) is 0 Å². The van der Waals surface area contributed by atoms with Crippen LogP contribution in [0.3, 0.4) is 0 Å². The van der Waals surface area contributed by atoms with Gasteiger partial charge in [0.25, 0.3) is 5.91 Å². The Labute approximate surface area is 151 Å². The van der Waals surface area contributed by atoms with Gasteiger partial charge in [0, 0.05) is 30.2 Å². The standard InChI is InChI=1S/C19H22N4OS/c1-5-23-14(3)17(13(2)21-23)19(24)22(4)11-16-12-25-18(20-16)15-9-7-6-8-10-15/h6-10,12H,5,11H2,1-4H3. The molecule has 1 amide bonds. The molecule has 0 aliphatic heterocycles. The average Bonchev–Trinajstić information content (AvgIpc) is 3.19. The summed E-state index contributed by atoms with van der Waals surface area (Å²) in [7, 11) is 1.81. The molecule has 2 heterocycles. The van der Waals surface area contributed by atoms with Crippen molar-refractivity contribution < 1.29 is 4.79 Å². The number of thiazole rings is 1. The summed E-state index contributed by atoms with van der Waals surface area (Å²) < 4.78 is 1.87. The zero-order valence-electron chi connectivity index (χ0n) is 15.0. The molecule has 5 nitrogen and oxygen atoms in total. The highest BCUT2D eigenvalue weighted by atomic mass is 32.1. The number of aryl methyl sites for hydroxylation is 2. The van der Waals surface area contributed by atoms with E-state index in [-0.39, 0.29) is 5.91 Å². The first kappa shape index (κ1) is 17.4. The molecular formula is C19H22N4OS. The summed E-state index contributed by atoms with van der Waals surface area (Å²) in [4.78, 5) is 19.2. The molecular weight excluding hydrogens is 332 g/mol. The molecule has 0 atom stereocenters. The number of benzene rings is 1. The summed E-state index contributed by atoms with van der Waals surface area (Å²) >= 11 is 1.60. The van der Waals surface area contributed by atoms with Crippen molar-refractivity contribution in [2.45, 2.75) is 33.9 Å². The van der Waals surface area contributed by atoms with Gasteiger partial charge in [0.2, 0.25) is 0 Å². The summed E-state index contributed by atoms with van der Waals surface area (Å²) in [5, 5.41) is 7.43. The number of hydrogen-bond donors (Lipinski definition) is 0. The number of hydrogen-bond acceptors (Lipinski definition) is 4. The van der Waals surface area contributed by atoms with E-state index in [4.69, 9.17) is 0 Å². The number of amides is 1. The number of nitrogens with zero attached hydrogens (tertiary/aromatic N) is 4. The highest BCUT2D eigenvalue weighted by molar-refractivity contribution is 7.13. The van der Waals surface area contributed by atoms with Gasteiger partial charge in [0.05, 0.1) is 23.5 Å². The highest BCUT2D eigenvalue weighted by Gasteiger charge is 2.22. The molecule has 0 aliphatic rings. The Morgan fingerprint density at radius 3 is 2.60 bits per heavy atom. The molecule has 3 aromatic rings. The van der Waals surface area contributed by atoms with E-state index >= 15 is 0 Å². The fraction of sp³-hybridized carbons (Fsp3) is 0.316. The van der Waals surface area contributed by atoms with Crippen molar-refractivity contribution in [1.29, 1.82) is 0 Å². The Balaban J connectivity index is 1.77. The predicted molar refractivity (Wildman–Crippen MR) is 101 cm³/mol. The number of carbonyl (C=O) groups excluding carboxylic acids is 1. The van der Waals surface area contributed by atoms with E-state index in [0.29, 0.717) is 12.1 Å². The first-order chi connectivity index (χ1) is 12.0. The lowest BCUT2D eigenvalue weighted by atomic mass is 10.1. The van der Waals surface area contributed by atoms with Gasteiger partial charge < -0.3 is 4.90 Å². The van der Waals surface area contributed by atoms with Crippen molar-refractivity contribution in [1.82, 2.24) is 19.7 Å². The minimum Gasteiger partial charge on any atom is -0.336 e. The van der Waals surface area contributed by atoms with Gasteiger partial charge in [-0.1, -0.05) is 30.3 Å². The molecule has 130 valence electrons. The van der Waals surface area contributed by atoms with Crippen LogP contribution >= 0.6 is 11.3 Å². The van der Waals surface area contributed by atoms with Crippen LogP contribution in [0.15, 0.2) is 35.7 Å². The first-order valence-electron chi connectivity index (χ1n) is 8.30. The lowest BCUT2D eigenvalue weighted by Gasteiger charge is -2.16. The van der Waals surface area contributed by atoms with Gasteiger partial charge in [-0.05, 0) is 20.8 Å². The maximum Gasteiger partial charge on any atom is 0.257 e. The Kier molecular flexibility index (Phi) is 4.99. The lowest BCUT2D eigenvalue weighted by molar-refractivity contribution is 0.0782. The van der Waals surface area contributed by atoms with Crippen LogP contribution in [0, 0.1) is 13.8 Å². The SMILES string of the molecule is CCn1nc(C)c(C(=O)N(C)Cc2csc(-c3ccccc3)n2)c1C. The minimum atomic E-state index is -0.0102. The van der Waals surface area contributed by atoms with Gasteiger partial charge in [0.1, 0.15) is 5.01 Å². The maximum absolute atomic E-state index is 12.8. The lowest BCUT2D eigenvalue weighted by Crippen LogP contribution is -2.27. The van der Waals surface area contributed by atoms with Crippen molar-refractivity contribution in [3.05, 3.63) is 58.4 Å². The molecule has 0 saturated carbocycles. The summed E-state index contributed by atoms with van der Waals surface area (Å²) in [5.74, 6) is -0.0102. The molecule has 0 unspecified atom stereocenters. The summed E-state index contributed by atoms with van der Waals surface area (Å²) in [6.07, 6.45) is 0. The van der Waals surface area contributed by atoms with Gasteiger partial charge in [0.15, 0.2) is 0 Å². The van der Waals surface area contributed by atoms with Crippen molar-refractivity contribution in [3.8, 4) is 10.6 Å². The molecule has 0 fully saturated rings. The normalized spacial score (nSPS) is 10.9. The monoisotopic (exact) mass is 354 g/mol. The highest BCUT2D eigenvalue weighted by Crippen LogP contribution is 2.24. The van der Waals surface area contributed by atoms with Gasteiger partial charge in [-0.25, -0.2) is 4.98 Å². The molecule has 1 aromatic carbocycles. The van der Waals surface area contributed by atoms with E-state index in [0.717, 1.165) is 34.2 Å². The van der Waals surface area contributed by atoms with E-state index < -0.39 is 0 Å². The Bertz CT molecular complexity index is 882. The largest absolute Gasteiger partial charge is 0.336 e. The van der Waals surface area contributed by atoms with Crippen molar-refractivity contribution in [2.24, 2.45) is 0 Å². The summed E-state index contributed by atoms with van der Waals surface area (Å²) in [6.45, 7) is 7.10. The van der Waals surface area contributed by atoms with Crippen LogP contribution in [-0.4, -0.2) is 32.6 Å². The second kappa shape index (κ2) is 7.19. The molecule has 2 aromatic heterocycles.